The Balaban J connectivity index is 2.07. The van der Waals surface area contributed by atoms with Crippen LogP contribution in [0.1, 0.15) is 12.5 Å². The molecule has 1 saturated heterocycles. The molecule has 128 valence electrons. The number of ether oxygens (including phenoxy) is 2. The van der Waals surface area contributed by atoms with E-state index in [-0.39, 0.29) is 11.9 Å². The molecule has 0 aliphatic carbocycles. The standard InChI is InChI=1S/C16H23BrFN3O2/c1-3-19-16(21-4-5-23-15(10-21)11-22-2)20-9-12-6-13(17)8-14(18)7-12/h6-8,15H,3-5,9-11H2,1-2H3,(H,19,20). The number of hydrogen-bond donors (Lipinski definition) is 1. The molecule has 7 heteroatoms. The van der Waals surface area contributed by atoms with Gasteiger partial charge in [0.1, 0.15) is 5.82 Å². The highest BCUT2D eigenvalue weighted by Crippen LogP contribution is 2.16. The predicted molar refractivity (Wildman–Crippen MR) is 92.1 cm³/mol. The van der Waals surface area contributed by atoms with Crippen LogP contribution in [0.25, 0.3) is 0 Å². The first-order valence-corrected chi connectivity index (χ1v) is 8.50. The summed E-state index contributed by atoms with van der Waals surface area (Å²) in [7, 11) is 1.67. The molecule has 1 aliphatic rings. The van der Waals surface area contributed by atoms with Crippen molar-refractivity contribution in [1.29, 1.82) is 0 Å². The lowest BCUT2D eigenvalue weighted by atomic mass is 10.2. The van der Waals surface area contributed by atoms with Crippen LogP contribution in [0.5, 0.6) is 0 Å². The fraction of sp³-hybridized carbons (Fsp3) is 0.562. The van der Waals surface area contributed by atoms with E-state index in [9.17, 15) is 4.39 Å². The van der Waals surface area contributed by atoms with Gasteiger partial charge in [0, 0.05) is 31.2 Å². The summed E-state index contributed by atoms with van der Waals surface area (Å²) >= 11 is 3.31. The zero-order valence-electron chi connectivity index (χ0n) is 13.5. The Labute approximate surface area is 145 Å². The highest BCUT2D eigenvalue weighted by atomic mass is 79.9. The van der Waals surface area contributed by atoms with E-state index in [1.54, 1.807) is 7.11 Å². The summed E-state index contributed by atoms with van der Waals surface area (Å²) in [5, 5.41) is 3.29. The average Bonchev–Trinajstić information content (AvgIpc) is 2.51. The first kappa shape index (κ1) is 18.2. The minimum absolute atomic E-state index is 0.0425. The molecule has 0 radical (unpaired) electrons. The summed E-state index contributed by atoms with van der Waals surface area (Å²) in [6, 6.07) is 4.82. The van der Waals surface area contributed by atoms with Crippen LogP contribution in [0.15, 0.2) is 27.7 Å². The van der Waals surface area contributed by atoms with Gasteiger partial charge in [0.2, 0.25) is 0 Å². The molecule has 1 N–H and O–H groups in total. The third-order valence-corrected chi connectivity index (χ3v) is 3.92. The lowest BCUT2D eigenvalue weighted by molar-refractivity contribution is -0.0447. The Morgan fingerprint density at radius 1 is 1.52 bits per heavy atom. The lowest BCUT2D eigenvalue weighted by Gasteiger charge is -2.34. The normalized spacial score (nSPS) is 19.0. The van der Waals surface area contributed by atoms with Gasteiger partial charge in [0.25, 0.3) is 0 Å². The number of hydrogen-bond acceptors (Lipinski definition) is 3. The molecule has 5 nitrogen and oxygen atoms in total. The molecule has 2 rings (SSSR count). The monoisotopic (exact) mass is 387 g/mol. The number of nitrogens with one attached hydrogen (secondary N) is 1. The summed E-state index contributed by atoms with van der Waals surface area (Å²) in [5.74, 6) is 0.554. The minimum atomic E-state index is -0.263. The molecule has 1 unspecified atom stereocenters. The van der Waals surface area contributed by atoms with Gasteiger partial charge in [-0.1, -0.05) is 15.9 Å². The fourth-order valence-electron chi connectivity index (χ4n) is 2.49. The van der Waals surface area contributed by atoms with E-state index in [1.807, 2.05) is 13.0 Å². The summed E-state index contributed by atoms with van der Waals surface area (Å²) in [4.78, 5) is 6.79. The summed E-state index contributed by atoms with van der Waals surface area (Å²) in [6.45, 7) is 5.94. The van der Waals surface area contributed by atoms with Gasteiger partial charge >= 0.3 is 0 Å². The third kappa shape index (κ3) is 5.75. The Bertz CT molecular complexity index is 520. The number of methoxy groups -OCH3 is 1. The number of aliphatic imine (C=N–C) groups is 1. The number of guanidine groups is 1. The molecule has 1 fully saturated rings. The van der Waals surface area contributed by atoms with Crippen molar-refractivity contribution in [2.75, 3.05) is 40.0 Å². The second kappa shape index (κ2) is 9.20. The maximum atomic E-state index is 13.5. The van der Waals surface area contributed by atoms with Crippen LogP contribution in [0, 0.1) is 5.82 Å². The van der Waals surface area contributed by atoms with Crippen LogP contribution in [-0.4, -0.2) is 56.9 Å². The lowest BCUT2D eigenvalue weighted by Crippen LogP contribution is -2.51. The Morgan fingerprint density at radius 2 is 2.35 bits per heavy atom. The van der Waals surface area contributed by atoms with Crippen molar-refractivity contribution in [3.8, 4) is 0 Å². The molecule has 0 amide bonds. The minimum Gasteiger partial charge on any atom is -0.382 e. The number of morpholine rings is 1. The van der Waals surface area contributed by atoms with Crippen LogP contribution in [0.3, 0.4) is 0 Å². The molecular formula is C16H23BrFN3O2. The second-order valence-electron chi connectivity index (χ2n) is 5.34. The van der Waals surface area contributed by atoms with Crippen molar-refractivity contribution < 1.29 is 13.9 Å². The smallest absolute Gasteiger partial charge is 0.194 e. The van der Waals surface area contributed by atoms with Crippen LogP contribution >= 0.6 is 15.9 Å². The Hall–Kier alpha value is -1.18. The van der Waals surface area contributed by atoms with Crippen LogP contribution in [0.2, 0.25) is 0 Å². The number of benzene rings is 1. The zero-order valence-corrected chi connectivity index (χ0v) is 15.1. The van der Waals surface area contributed by atoms with E-state index in [1.165, 1.54) is 12.1 Å². The highest BCUT2D eigenvalue weighted by Gasteiger charge is 2.22. The SMILES string of the molecule is CCNC(=NCc1cc(F)cc(Br)c1)N1CCOC(COC)C1. The first-order chi connectivity index (χ1) is 11.1. The predicted octanol–water partition coefficient (Wildman–Crippen LogP) is 2.40. The van der Waals surface area contributed by atoms with E-state index in [0.29, 0.717) is 19.8 Å². The topological polar surface area (TPSA) is 46.1 Å². The Kier molecular flexibility index (Phi) is 7.26. The van der Waals surface area contributed by atoms with Gasteiger partial charge in [0.15, 0.2) is 5.96 Å². The van der Waals surface area contributed by atoms with Crippen LogP contribution in [-0.2, 0) is 16.0 Å². The molecular weight excluding hydrogens is 365 g/mol. The molecule has 1 heterocycles. The van der Waals surface area contributed by atoms with Gasteiger partial charge in [-0.3, -0.25) is 0 Å². The molecule has 1 aromatic rings. The quantitative estimate of drug-likeness (QED) is 0.622. The van der Waals surface area contributed by atoms with Gasteiger partial charge in [-0.2, -0.15) is 0 Å². The van der Waals surface area contributed by atoms with Gasteiger partial charge in [-0.15, -0.1) is 0 Å². The van der Waals surface area contributed by atoms with Crippen molar-refractivity contribution in [2.45, 2.75) is 19.6 Å². The van der Waals surface area contributed by atoms with Crippen molar-refractivity contribution in [1.82, 2.24) is 10.2 Å². The van der Waals surface area contributed by atoms with Crippen LogP contribution < -0.4 is 5.32 Å². The average molecular weight is 388 g/mol. The summed E-state index contributed by atoms with van der Waals surface area (Å²) in [5.41, 5.74) is 0.828. The van der Waals surface area contributed by atoms with E-state index in [2.05, 4.69) is 31.1 Å². The first-order valence-electron chi connectivity index (χ1n) is 7.71. The van der Waals surface area contributed by atoms with Crippen molar-refractivity contribution >= 4 is 21.9 Å². The van der Waals surface area contributed by atoms with E-state index < -0.39 is 0 Å². The molecule has 0 bridgehead atoms. The van der Waals surface area contributed by atoms with E-state index in [0.717, 1.165) is 35.6 Å². The van der Waals surface area contributed by atoms with Gasteiger partial charge in [-0.25, -0.2) is 9.38 Å². The molecule has 1 aliphatic heterocycles. The van der Waals surface area contributed by atoms with Crippen molar-refractivity contribution in [3.05, 3.63) is 34.1 Å². The van der Waals surface area contributed by atoms with Crippen LogP contribution in [0.4, 0.5) is 4.39 Å². The molecule has 0 saturated carbocycles. The molecule has 0 spiro atoms. The number of nitrogens with zero attached hydrogens (tertiary/aromatic N) is 2. The molecule has 23 heavy (non-hydrogen) atoms. The molecule has 1 atom stereocenters. The highest BCUT2D eigenvalue weighted by molar-refractivity contribution is 9.10. The fourth-order valence-corrected chi connectivity index (χ4v) is 3.01. The summed E-state index contributed by atoms with van der Waals surface area (Å²) < 4.78 is 25.0. The Morgan fingerprint density at radius 3 is 3.04 bits per heavy atom. The van der Waals surface area contributed by atoms with Crippen molar-refractivity contribution in [3.63, 3.8) is 0 Å². The molecule has 1 aromatic carbocycles. The maximum Gasteiger partial charge on any atom is 0.194 e. The van der Waals surface area contributed by atoms with E-state index in [4.69, 9.17) is 9.47 Å². The third-order valence-electron chi connectivity index (χ3n) is 3.46. The van der Waals surface area contributed by atoms with E-state index >= 15 is 0 Å². The van der Waals surface area contributed by atoms with Gasteiger partial charge < -0.3 is 19.7 Å². The maximum absolute atomic E-state index is 13.5. The zero-order chi connectivity index (χ0) is 16.7. The molecule has 0 aromatic heterocycles. The van der Waals surface area contributed by atoms with Gasteiger partial charge in [0.05, 0.1) is 25.9 Å². The van der Waals surface area contributed by atoms with Crippen molar-refractivity contribution in [2.24, 2.45) is 4.99 Å². The summed E-state index contributed by atoms with van der Waals surface area (Å²) in [6.07, 6.45) is 0.0425. The van der Waals surface area contributed by atoms with Gasteiger partial charge in [-0.05, 0) is 30.7 Å². The number of halogens is 2. The second-order valence-corrected chi connectivity index (χ2v) is 6.26. The number of rotatable bonds is 5. The largest absolute Gasteiger partial charge is 0.382 e.